The van der Waals surface area contributed by atoms with E-state index in [1.54, 1.807) is 11.1 Å². The molecule has 1 aliphatic rings. The maximum Gasteiger partial charge on any atom is 0.241 e. The fourth-order valence-corrected chi connectivity index (χ4v) is 1.61. The second-order valence-corrected chi connectivity index (χ2v) is 3.79. The van der Waals surface area contributed by atoms with Gasteiger partial charge in [-0.1, -0.05) is 5.92 Å². The quantitative estimate of drug-likeness (QED) is 0.634. The van der Waals surface area contributed by atoms with Crippen LogP contribution in [-0.4, -0.2) is 42.5 Å². The van der Waals surface area contributed by atoms with Crippen molar-refractivity contribution in [2.24, 2.45) is 0 Å². The Morgan fingerprint density at radius 1 is 1.44 bits per heavy atom. The van der Waals surface area contributed by atoms with Crippen molar-refractivity contribution < 1.29 is 4.79 Å². The zero-order valence-electron chi connectivity index (χ0n) is 9.18. The maximum atomic E-state index is 11.5. The van der Waals surface area contributed by atoms with Gasteiger partial charge >= 0.3 is 0 Å². The highest BCUT2D eigenvalue weighted by atomic mass is 16.2. The monoisotopic (exact) mass is 215 g/mol. The topological polar surface area (TPSA) is 36.4 Å². The number of anilines is 1. The molecule has 0 atom stereocenters. The second-order valence-electron chi connectivity index (χ2n) is 3.79. The number of nitrogens with zero attached hydrogens (tertiary/aromatic N) is 3. The Morgan fingerprint density at radius 3 is 2.81 bits per heavy atom. The van der Waals surface area contributed by atoms with Gasteiger partial charge in [-0.2, -0.15) is 0 Å². The van der Waals surface area contributed by atoms with E-state index in [0.29, 0.717) is 6.54 Å². The Labute approximate surface area is 94.9 Å². The summed E-state index contributed by atoms with van der Waals surface area (Å²) in [5, 5.41) is 0. The van der Waals surface area contributed by atoms with Crippen molar-refractivity contribution in [3.05, 3.63) is 23.9 Å². The molecule has 1 saturated heterocycles. The molecule has 1 aliphatic heterocycles. The average molecular weight is 215 g/mol. The largest absolute Gasteiger partial charge is 0.346 e. The Balaban J connectivity index is 2.13. The predicted octanol–water partition coefficient (Wildman–Crippen LogP) is 0.341. The highest BCUT2D eigenvalue weighted by Gasteiger charge is 2.21. The summed E-state index contributed by atoms with van der Waals surface area (Å²) in [5.41, 5.74) is 0.754. The van der Waals surface area contributed by atoms with E-state index in [9.17, 15) is 4.79 Å². The fraction of sp³-hybridized carbons (Fsp3) is 0.333. The Bertz CT molecular complexity index is 433. The van der Waals surface area contributed by atoms with Gasteiger partial charge in [-0.05, 0) is 12.1 Å². The van der Waals surface area contributed by atoms with Gasteiger partial charge in [0.1, 0.15) is 5.82 Å². The number of amides is 1. The third kappa shape index (κ3) is 1.98. The van der Waals surface area contributed by atoms with E-state index >= 15 is 0 Å². The SMILES string of the molecule is C#Cc1ccc(N2CCN(C)C(=O)C2)nc1. The molecule has 0 radical (unpaired) electrons. The molecule has 0 bridgehead atoms. The van der Waals surface area contributed by atoms with E-state index in [1.165, 1.54) is 0 Å². The molecule has 1 aromatic rings. The van der Waals surface area contributed by atoms with Crippen LogP contribution in [0.5, 0.6) is 0 Å². The summed E-state index contributed by atoms with van der Waals surface area (Å²) >= 11 is 0. The van der Waals surface area contributed by atoms with E-state index < -0.39 is 0 Å². The van der Waals surface area contributed by atoms with Crippen LogP contribution in [0.25, 0.3) is 0 Å². The molecule has 82 valence electrons. The standard InChI is InChI=1S/C12H13N3O/c1-3-10-4-5-11(13-8-10)15-7-6-14(2)12(16)9-15/h1,4-5,8H,6-7,9H2,2H3. The Kier molecular flexibility index (Phi) is 2.78. The van der Waals surface area contributed by atoms with Crippen LogP contribution < -0.4 is 4.90 Å². The van der Waals surface area contributed by atoms with Crippen molar-refractivity contribution in [3.63, 3.8) is 0 Å². The number of carbonyl (C=O) groups is 1. The molecule has 0 aromatic carbocycles. The summed E-state index contributed by atoms with van der Waals surface area (Å²) in [7, 11) is 1.81. The Morgan fingerprint density at radius 2 is 2.25 bits per heavy atom. The van der Waals surface area contributed by atoms with Crippen molar-refractivity contribution in [1.29, 1.82) is 0 Å². The highest BCUT2D eigenvalue weighted by molar-refractivity contribution is 5.82. The lowest BCUT2D eigenvalue weighted by atomic mass is 10.2. The number of piperazine rings is 1. The first-order valence-corrected chi connectivity index (χ1v) is 5.12. The number of likely N-dealkylation sites (N-methyl/N-ethyl adjacent to an activating group) is 1. The van der Waals surface area contributed by atoms with Gasteiger partial charge < -0.3 is 9.80 Å². The van der Waals surface area contributed by atoms with Gasteiger partial charge in [-0.3, -0.25) is 4.79 Å². The summed E-state index contributed by atoms with van der Waals surface area (Å²) in [6, 6.07) is 3.69. The van der Waals surface area contributed by atoms with E-state index in [4.69, 9.17) is 6.42 Å². The van der Waals surface area contributed by atoms with Crippen LogP contribution in [0.1, 0.15) is 5.56 Å². The molecular weight excluding hydrogens is 202 g/mol. The first-order chi connectivity index (χ1) is 7.70. The number of hydrogen-bond acceptors (Lipinski definition) is 3. The summed E-state index contributed by atoms with van der Waals surface area (Å²) in [6.07, 6.45) is 6.91. The van der Waals surface area contributed by atoms with Crippen molar-refractivity contribution in [2.75, 3.05) is 31.6 Å². The van der Waals surface area contributed by atoms with E-state index in [-0.39, 0.29) is 5.91 Å². The van der Waals surface area contributed by atoms with Crippen molar-refractivity contribution in [2.45, 2.75) is 0 Å². The lowest BCUT2D eigenvalue weighted by Crippen LogP contribution is -2.48. The third-order valence-electron chi connectivity index (χ3n) is 2.70. The molecule has 4 nitrogen and oxygen atoms in total. The van der Waals surface area contributed by atoms with Gasteiger partial charge in [-0.25, -0.2) is 4.98 Å². The number of hydrogen-bond donors (Lipinski definition) is 0. The van der Waals surface area contributed by atoms with Gasteiger partial charge in [0.2, 0.25) is 5.91 Å². The zero-order chi connectivity index (χ0) is 11.5. The molecule has 16 heavy (non-hydrogen) atoms. The average Bonchev–Trinajstić information content (AvgIpc) is 2.33. The van der Waals surface area contributed by atoms with Crippen LogP contribution >= 0.6 is 0 Å². The first-order valence-electron chi connectivity index (χ1n) is 5.12. The molecular formula is C12H13N3O. The lowest BCUT2D eigenvalue weighted by molar-refractivity contribution is -0.129. The molecule has 1 amide bonds. The molecule has 0 unspecified atom stereocenters. The molecule has 1 aromatic heterocycles. The van der Waals surface area contributed by atoms with Gasteiger partial charge in [0.05, 0.1) is 6.54 Å². The van der Waals surface area contributed by atoms with Gasteiger partial charge in [0.15, 0.2) is 0 Å². The summed E-state index contributed by atoms with van der Waals surface area (Å²) in [4.78, 5) is 19.5. The molecule has 0 N–H and O–H groups in total. The van der Waals surface area contributed by atoms with Crippen LogP contribution in [-0.2, 0) is 4.79 Å². The summed E-state index contributed by atoms with van der Waals surface area (Å²) < 4.78 is 0. The summed E-state index contributed by atoms with van der Waals surface area (Å²) in [6.45, 7) is 1.93. The number of terminal acetylenes is 1. The first kappa shape index (κ1) is 10.5. The van der Waals surface area contributed by atoms with E-state index in [0.717, 1.165) is 24.5 Å². The molecule has 2 heterocycles. The normalized spacial score (nSPS) is 16.1. The minimum Gasteiger partial charge on any atom is -0.346 e. The van der Waals surface area contributed by atoms with Crippen molar-refractivity contribution in [3.8, 4) is 12.3 Å². The second kappa shape index (κ2) is 4.23. The molecule has 0 spiro atoms. The highest BCUT2D eigenvalue weighted by Crippen LogP contribution is 2.13. The number of aromatic nitrogens is 1. The van der Waals surface area contributed by atoms with Crippen molar-refractivity contribution >= 4 is 11.7 Å². The van der Waals surface area contributed by atoms with Gasteiger partial charge in [-0.15, -0.1) is 6.42 Å². The minimum absolute atomic E-state index is 0.120. The van der Waals surface area contributed by atoms with Gasteiger partial charge in [0, 0.05) is 31.9 Å². The zero-order valence-corrected chi connectivity index (χ0v) is 9.18. The molecule has 0 saturated carbocycles. The van der Waals surface area contributed by atoms with Crippen LogP contribution in [0.15, 0.2) is 18.3 Å². The van der Waals surface area contributed by atoms with Crippen LogP contribution in [0, 0.1) is 12.3 Å². The number of pyridine rings is 1. The van der Waals surface area contributed by atoms with Crippen LogP contribution in [0.4, 0.5) is 5.82 Å². The lowest BCUT2D eigenvalue weighted by Gasteiger charge is -2.32. The van der Waals surface area contributed by atoms with E-state index in [1.807, 2.05) is 24.1 Å². The van der Waals surface area contributed by atoms with Gasteiger partial charge in [0.25, 0.3) is 0 Å². The number of rotatable bonds is 1. The molecule has 0 aliphatic carbocycles. The predicted molar refractivity (Wildman–Crippen MR) is 62.0 cm³/mol. The van der Waals surface area contributed by atoms with Crippen LogP contribution in [0.3, 0.4) is 0 Å². The minimum atomic E-state index is 0.120. The maximum absolute atomic E-state index is 11.5. The fourth-order valence-electron chi connectivity index (χ4n) is 1.61. The van der Waals surface area contributed by atoms with E-state index in [2.05, 4.69) is 10.9 Å². The third-order valence-corrected chi connectivity index (χ3v) is 2.70. The molecule has 2 rings (SSSR count). The number of carbonyl (C=O) groups excluding carboxylic acids is 1. The molecule has 4 heteroatoms. The van der Waals surface area contributed by atoms with Crippen LogP contribution in [0.2, 0.25) is 0 Å². The summed E-state index contributed by atoms with van der Waals surface area (Å²) in [5.74, 6) is 3.44. The Hall–Kier alpha value is -2.02. The van der Waals surface area contributed by atoms with Crippen molar-refractivity contribution in [1.82, 2.24) is 9.88 Å². The molecule has 1 fully saturated rings. The smallest absolute Gasteiger partial charge is 0.241 e.